The lowest BCUT2D eigenvalue weighted by atomic mass is 10.2. The van der Waals surface area contributed by atoms with E-state index in [1.807, 2.05) is 0 Å². The molecule has 12 heteroatoms. The Bertz CT molecular complexity index is 1160. The first-order valence-electron chi connectivity index (χ1n) is 8.66. The highest BCUT2D eigenvalue weighted by molar-refractivity contribution is 7.12. The number of fused-ring (bicyclic) bond motifs is 1. The molecular formula is C18H15N3O8S. The number of carbonyl (C=O) groups is 3. The summed E-state index contributed by atoms with van der Waals surface area (Å²) in [5, 5.41) is 14.6. The fourth-order valence-corrected chi connectivity index (χ4v) is 3.23. The number of nitro groups is 1. The molecule has 0 spiro atoms. The van der Waals surface area contributed by atoms with Gasteiger partial charge in [-0.05, 0) is 23.9 Å². The molecule has 0 radical (unpaired) electrons. The summed E-state index contributed by atoms with van der Waals surface area (Å²) in [6.45, 7) is -0.490. The smallest absolute Gasteiger partial charge is 0.419 e. The van der Waals surface area contributed by atoms with Crippen LogP contribution in [0.3, 0.4) is 0 Å². The monoisotopic (exact) mass is 433 g/mol. The molecule has 0 aliphatic rings. The van der Waals surface area contributed by atoms with E-state index in [1.165, 1.54) is 28.0 Å². The van der Waals surface area contributed by atoms with Gasteiger partial charge in [-0.2, -0.15) is 0 Å². The number of nitrogens with zero attached hydrogens (tertiary/aromatic N) is 2. The molecule has 1 N–H and O–H groups in total. The first-order chi connectivity index (χ1) is 14.3. The third kappa shape index (κ3) is 4.97. The minimum atomic E-state index is -0.750. The van der Waals surface area contributed by atoms with Gasteiger partial charge in [0.1, 0.15) is 0 Å². The van der Waals surface area contributed by atoms with E-state index in [0.29, 0.717) is 10.4 Å². The van der Waals surface area contributed by atoms with Crippen LogP contribution in [0.25, 0.3) is 11.1 Å². The van der Waals surface area contributed by atoms with Gasteiger partial charge in [0.15, 0.2) is 12.2 Å². The number of benzene rings is 1. The molecule has 0 saturated carbocycles. The van der Waals surface area contributed by atoms with E-state index in [2.05, 4.69) is 5.32 Å². The Hall–Kier alpha value is -3.80. The lowest BCUT2D eigenvalue weighted by molar-refractivity contribution is -0.384. The van der Waals surface area contributed by atoms with Crippen LogP contribution in [0.15, 0.2) is 44.9 Å². The summed E-state index contributed by atoms with van der Waals surface area (Å²) in [6.07, 6.45) is 0.123. The van der Waals surface area contributed by atoms with Crippen LogP contribution in [0.1, 0.15) is 22.5 Å². The van der Waals surface area contributed by atoms with Crippen molar-refractivity contribution >= 4 is 45.9 Å². The van der Waals surface area contributed by atoms with E-state index in [0.717, 1.165) is 6.07 Å². The van der Waals surface area contributed by atoms with Crippen molar-refractivity contribution in [2.24, 2.45) is 0 Å². The number of hydrogen-bond donors (Lipinski definition) is 1. The van der Waals surface area contributed by atoms with Gasteiger partial charge in [-0.25, -0.2) is 4.79 Å². The molecule has 3 aromatic rings. The predicted octanol–water partition coefficient (Wildman–Crippen LogP) is 1.84. The van der Waals surface area contributed by atoms with Crippen molar-refractivity contribution in [1.29, 1.82) is 0 Å². The molecule has 0 unspecified atom stereocenters. The number of aryl methyl sites for hydroxylation is 1. The van der Waals surface area contributed by atoms with Gasteiger partial charge in [0.25, 0.3) is 17.5 Å². The SMILES string of the molecule is O=C(COC(=O)CCCn1c(=O)oc2cc([N+](=O)[O-])ccc21)NC(=O)c1cccs1. The molecule has 0 atom stereocenters. The standard InChI is InChI=1S/C18H15N3O8S/c22-15(19-17(24)14-3-2-8-30-14)10-28-16(23)4-1-7-20-12-6-5-11(21(26)27)9-13(12)29-18(20)25/h2-3,5-6,8-9H,1,4,7,10H2,(H,19,22,24). The zero-order valence-electron chi connectivity index (χ0n) is 15.4. The number of amides is 2. The van der Waals surface area contributed by atoms with Crippen molar-refractivity contribution in [3.8, 4) is 0 Å². The van der Waals surface area contributed by atoms with Gasteiger partial charge < -0.3 is 9.15 Å². The maximum Gasteiger partial charge on any atom is 0.419 e. The average Bonchev–Trinajstić information content (AvgIpc) is 3.34. The highest BCUT2D eigenvalue weighted by atomic mass is 32.1. The van der Waals surface area contributed by atoms with Gasteiger partial charge in [-0.3, -0.25) is 34.4 Å². The van der Waals surface area contributed by atoms with Gasteiger partial charge >= 0.3 is 11.7 Å². The highest BCUT2D eigenvalue weighted by Gasteiger charge is 2.16. The van der Waals surface area contributed by atoms with E-state index in [9.17, 15) is 29.3 Å². The van der Waals surface area contributed by atoms with Crippen molar-refractivity contribution in [3.05, 3.63) is 61.3 Å². The molecule has 2 heterocycles. The molecule has 11 nitrogen and oxygen atoms in total. The Morgan fingerprint density at radius 1 is 1.27 bits per heavy atom. The first kappa shape index (κ1) is 20.9. The van der Waals surface area contributed by atoms with E-state index in [4.69, 9.17) is 9.15 Å². The number of oxazole rings is 1. The number of nitro benzene ring substituents is 1. The van der Waals surface area contributed by atoms with Gasteiger partial charge in [0.2, 0.25) is 0 Å². The summed E-state index contributed by atoms with van der Waals surface area (Å²) in [7, 11) is 0. The summed E-state index contributed by atoms with van der Waals surface area (Å²) < 4.78 is 11.1. The fraction of sp³-hybridized carbons (Fsp3) is 0.222. The number of thiophene rings is 1. The minimum Gasteiger partial charge on any atom is -0.456 e. The molecule has 0 bridgehead atoms. The molecule has 0 aliphatic carbocycles. The number of hydrogen-bond acceptors (Lipinski definition) is 9. The van der Waals surface area contributed by atoms with E-state index in [1.54, 1.807) is 17.5 Å². The quantitative estimate of drug-likeness (QED) is 0.321. The zero-order chi connectivity index (χ0) is 21.7. The van der Waals surface area contributed by atoms with Crippen LogP contribution in [0, 0.1) is 10.1 Å². The van der Waals surface area contributed by atoms with Crippen molar-refractivity contribution in [2.75, 3.05) is 6.61 Å². The van der Waals surface area contributed by atoms with Crippen molar-refractivity contribution in [1.82, 2.24) is 9.88 Å². The predicted molar refractivity (Wildman–Crippen MR) is 104 cm³/mol. The van der Waals surface area contributed by atoms with Crippen molar-refractivity contribution in [3.63, 3.8) is 0 Å². The van der Waals surface area contributed by atoms with Crippen LogP contribution in [-0.2, 0) is 20.9 Å². The Morgan fingerprint density at radius 2 is 2.07 bits per heavy atom. The van der Waals surface area contributed by atoms with Crippen LogP contribution >= 0.6 is 11.3 Å². The molecule has 0 aliphatic heterocycles. The van der Waals surface area contributed by atoms with Crippen LogP contribution in [-0.4, -0.2) is 33.9 Å². The number of rotatable bonds is 8. The van der Waals surface area contributed by atoms with Crippen molar-refractivity contribution < 1.29 is 28.5 Å². The second-order valence-corrected chi connectivity index (χ2v) is 7.00. The Labute approximate surface area is 172 Å². The molecule has 3 rings (SSSR count). The van der Waals surface area contributed by atoms with Crippen LogP contribution < -0.4 is 11.1 Å². The number of ether oxygens (including phenoxy) is 1. The number of esters is 1. The summed E-state index contributed by atoms with van der Waals surface area (Å²) in [4.78, 5) is 57.7. The highest BCUT2D eigenvalue weighted by Crippen LogP contribution is 2.20. The molecule has 156 valence electrons. The van der Waals surface area contributed by atoms with Gasteiger partial charge in [-0.1, -0.05) is 6.07 Å². The number of nitrogens with one attached hydrogen (secondary N) is 1. The Balaban J connectivity index is 1.47. The second kappa shape index (κ2) is 9.13. The zero-order valence-corrected chi connectivity index (χ0v) is 16.2. The minimum absolute atomic E-state index is 0.0730. The molecule has 1 aromatic carbocycles. The lowest BCUT2D eigenvalue weighted by Crippen LogP contribution is -2.33. The molecule has 2 amide bonds. The maximum atomic E-state index is 11.9. The molecule has 0 saturated heterocycles. The van der Waals surface area contributed by atoms with Crippen LogP contribution in [0.4, 0.5) is 5.69 Å². The van der Waals surface area contributed by atoms with Gasteiger partial charge in [0.05, 0.1) is 21.4 Å². The van der Waals surface area contributed by atoms with E-state index >= 15 is 0 Å². The Morgan fingerprint density at radius 3 is 2.77 bits per heavy atom. The normalized spacial score (nSPS) is 10.7. The molecule has 2 aromatic heterocycles. The fourth-order valence-electron chi connectivity index (χ4n) is 2.61. The molecule has 0 fully saturated rings. The van der Waals surface area contributed by atoms with E-state index in [-0.39, 0.29) is 30.7 Å². The largest absolute Gasteiger partial charge is 0.456 e. The molecular weight excluding hydrogens is 418 g/mol. The summed E-state index contributed by atoms with van der Waals surface area (Å²) in [6, 6.07) is 7.01. The van der Waals surface area contributed by atoms with Crippen LogP contribution in [0.2, 0.25) is 0 Å². The summed E-state index contributed by atoms with van der Waals surface area (Å²) in [5.74, 6) is -2.70. The van der Waals surface area contributed by atoms with Gasteiger partial charge in [-0.15, -0.1) is 11.3 Å². The number of carbonyl (C=O) groups excluding carboxylic acids is 3. The second-order valence-electron chi connectivity index (χ2n) is 6.05. The summed E-state index contributed by atoms with van der Waals surface area (Å²) in [5.41, 5.74) is 0.233. The molecule has 30 heavy (non-hydrogen) atoms. The maximum absolute atomic E-state index is 11.9. The van der Waals surface area contributed by atoms with E-state index < -0.39 is 35.1 Å². The number of non-ortho nitro benzene ring substituents is 1. The summed E-state index contributed by atoms with van der Waals surface area (Å²) >= 11 is 1.17. The Kier molecular flexibility index (Phi) is 6.37. The van der Waals surface area contributed by atoms with Gasteiger partial charge in [0, 0.05) is 19.0 Å². The third-order valence-electron chi connectivity index (χ3n) is 3.99. The van der Waals surface area contributed by atoms with Crippen LogP contribution in [0.5, 0.6) is 0 Å². The number of aromatic nitrogens is 1. The first-order valence-corrected chi connectivity index (χ1v) is 9.54. The third-order valence-corrected chi connectivity index (χ3v) is 4.86. The topological polar surface area (TPSA) is 151 Å². The average molecular weight is 433 g/mol. The van der Waals surface area contributed by atoms with Crippen molar-refractivity contribution in [2.45, 2.75) is 19.4 Å². The lowest BCUT2D eigenvalue weighted by Gasteiger charge is -2.05. The number of imide groups is 1.